The lowest BCUT2D eigenvalue weighted by Gasteiger charge is -2.21. The molecular formula is C22H15Cl2NO4S2. The van der Waals surface area contributed by atoms with Gasteiger partial charge in [-0.05, 0) is 66.0 Å². The van der Waals surface area contributed by atoms with Gasteiger partial charge in [0.2, 0.25) is 14.9 Å². The summed E-state index contributed by atoms with van der Waals surface area (Å²) in [5.41, 5.74) is 0.574. The van der Waals surface area contributed by atoms with Gasteiger partial charge in [0, 0.05) is 20.6 Å². The number of furan rings is 1. The standard InChI is InChI=1S/C22H15Cl2NO4S2/c23-15-6-8-19(9-7-15)31(27,28)21-11-10-20(29-21)22(26)25(14-18-5-2-12-30-18)17-4-1-3-16(24)13-17/h1-13H,14H2. The van der Waals surface area contributed by atoms with Crippen molar-refractivity contribution in [2.24, 2.45) is 0 Å². The molecule has 158 valence electrons. The van der Waals surface area contributed by atoms with Crippen LogP contribution in [-0.4, -0.2) is 14.3 Å². The maximum atomic E-state index is 13.3. The number of rotatable bonds is 6. The largest absolute Gasteiger partial charge is 0.439 e. The van der Waals surface area contributed by atoms with Crippen molar-refractivity contribution in [2.75, 3.05) is 4.90 Å². The summed E-state index contributed by atoms with van der Waals surface area (Å²) < 4.78 is 31.2. The molecule has 0 unspecified atom stereocenters. The fourth-order valence-electron chi connectivity index (χ4n) is 2.93. The number of anilines is 1. The molecule has 0 aliphatic rings. The molecule has 2 heterocycles. The van der Waals surface area contributed by atoms with Gasteiger partial charge in [-0.25, -0.2) is 8.42 Å². The van der Waals surface area contributed by atoms with Crippen LogP contribution >= 0.6 is 34.5 Å². The van der Waals surface area contributed by atoms with E-state index in [1.54, 1.807) is 24.3 Å². The van der Waals surface area contributed by atoms with E-state index in [0.717, 1.165) is 4.88 Å². The number of carbonyl (C=O) groups is 1. The molecule has 0 N–H and O–H groups in total. The van der Waals surface area contributed by atoms with E-state index in [0.29, 0.717) is 15.7 Å². The van der Waals surface area contributed by atoms with Crippen LogP contribution in [0.3, 0.4) is 0 Å². The third kappa shape index (κ3) is 4.70. The van der Waals surface area contributed by atoms with Gasteiger partial charge in [0.1, 0.15) is 0 Å². The highest BCUT2D eigenvalue weighted by Gasteiger charge is 2.27. The van der Waals surface area contributed by atoms with E-state index in [-0.39, 0.29) is 22.3 Å². The average Bonchev–Trinajstić information content (AvgIpc) is 3.44. The molecule has 5 nitrogen and oxygen atoms in total. The number of halogens is 2. The Bertz CT molecular complexity index is 1310. The highest BCUT2D eigenvalue weighted by atomic mass is 35.5. The molecule has 0 bridgehead atoms. The molecule has 0 saturated heterocycles. The quantitative estimate of drug-likeness (QED) is 0.316. The van der Waals surface area contributed by atoms with Gasteiger partial charge < -0.3 is 9.32 Å². The second kappa shape index (κ2) is 8.88. The molecule has 1 amide bonds. The number of nitrogens with zero attached hydrogens (tertiary/aromatic N) is 1. The predicted molar refractivity (Wildman–Crippen MR) is 122 cm³/mol. The lowest BCUT2D eigenvalue weighted by atomic mass is 10.2. The maximum absolute atomic E-state index is 13.3. The summed E-state index contributed by atoms with van der Waals surface area (Å²) >= 11 is 13.5. The minimum atomic E-state index is -3.93. The lowest BCUT2D eigenvalue weighted by molar-refractivity contribution is 0.0953. The van der Waals surface area contributed by atoms with Crippen molar-refractivity contribution >= 4 is 56.0 Å². The number of carbonyl (C=O) groups excluding carboxylic acids is 1. The summed E-state index contributed by atoms with van der Waals surface area (Å²) in [7, 11) is -3.93. The lowest BCUT2D eigenvalue weighted by Crippen LogP contribution is -2.29. The SMILES string of the molecule is O=C(c1ccc(S(=O)(=O)c2ccc(Cl)cc2)o1)N(Cc1cccs1)c1cccc(Cl)c1. The number of hydrogen-bond donors (Lipinski definition) is 0. The number of thiophene rings is 1. The Morgan fingerprint density at radius 3 is 2.39 bits per heavy atom. The molecule has 0 spiro atoms. The first-order valence-corrected chi connectivity index (χ1v) is 12.2. The molecule has 9 heteroatoms. The molecule has 2 aromatic heterocycles. The minimum Gasteiger partial charge on any atom is -0.439 e. The number of hydrogen-bond acceptors (Lipinski definition) is 5. The summed E-state index contributed by atoms with van der Waals surface area (Å²) in [6, 6.07) is 19.0. The molecule has 0 atom stereocenters. The zero-order valence-corrected chi connectivity index (χ0v) is 19.0. The zero-order valence-electron chi connectivity index (χ0n) is 15.9. The normalized spacial score (nSPS) is 11.4. The topological polar surface area (TPSA) is 67.6 Å². The van der Waals surface area contributed by atoms with Gasteiger partial charge in [0.25, 0.3) is 5.91 Å². The first-order valence-electron chi connectivity index (χ1n) is 9.05. The Kier molecular flexibility index (Phi) is 6.20. The zero-order chi connectivity index (χ0) is 22.0. The Labute approximate surface area is 193 Å². The van der Waals surface area contributed by atoms with Crippen LogP contribution < -0.4 is 4.90 Å². The number of sulfone groups is 1. The van der Waals surface area contributed by atoms with Gasteiger partial charge in [-0.1, -0.05) is 35.3 Å². The summed E-state index contributed by atoms with van der Waals surface area (Å²) in [6.07, 6.45) is 0. The summed E-state index contributed by atoms with van der Waals surface area (Å²) in [5, 5.41) is 2.49. The molecule has 0 aliphatic carbocycles. The van der Waals surface area contributed by atoms with Crippen LogP contribution in [0.15, 0.2) is 92.6 Å². The van der Waals surface area contributed by atoms with Gasteiger partial charge >= 0.3 is 0 Å². The fraction of sp³-hybridized carbons (Fsp3) is 0.0455. The molecule has 31 heavy (non-hydrogen) atoms. The van der Waals surface area contributed by atoms with Crippen molar-refractivity contribution in [3.8, 4) is 0 Å². The van der Waals surface area contributed by atoms with Crippen LogP contribution in [-0.2, 0) is 16.4 Å². The van der Waals surface area contributed by atoms with Crippen molar-refractivity contribution in [3.05, 3.63) is 98.9 Å². The number of amides is 1. The van der Waals surface area contributed by atoms with Gasteiger partial charge in [0.05, 0.1) is 11.4 Å². The Balaban J connectivity index is 1.68. The van der Waals surface area contributed by atoms with E-state index >= 15 is 0 Å². The Hall–Kier alpha value is -2.58. The van der Waals surface area contributed by atoms with Crippen LogP contribution in [0.25, 0.3) is 0 Å². The van der Waals surface area contributed by atoms with E-state index in [2.05, 4.69) is 0 Å². The molecular weight excluding hydrogens is 477 g/mol. The third-order valence-corrected chi connectivity index (χ3v) is 7.43. The van der Waals surface area contributed by atoms with Crippen LogP contribution in [0.4, 0.5) is 5.69 Å². The van der Waals surface area contributed by atoms with Gasteiger partial charge in [-0.2, -0.15) is 0 Å². The minimum absolute atomic E-state index is 0.0236. The molecule has 4 aromatic rings. The van der Waals surface area contributed by atoms with E-state index in [9.17, 15) is 13.2 Å². The van der Waals surface area contributed by atoms with E-state index in [4.69, 9.17) is 27.6 Å². The van der Waals surface area contributed by atoms with Gasteiger partial charge in [-0.15, -0.1) is 11.3 Å². The van der Waals surface area contributed by atoms with E-state index in [1.165, 1.54) is 52.6 Å². The molecule has 0 aliphatic heterocycles. The van der Waals surface area contributed by atoms with Crippen LogP contribution in [0.5, 0.6) is 0 Å². The van der Waals surface area contributed by atoms with Crippen molar-refractivity contribution < 1.29 is 17.6 Å². The highest BCUT2D eigenvalue weighted by Crippen LogP contribution is 2.28. The smallest absolute Gasteiger partial charge is 0.294 e. The van der Waals surface area contributed by atoms with Crippen LogP contribution in [0, 0.1) is 0 Å². The van der Waals surface area contributed by atoms with Gasteiger partial charge in [-0.3, -0.25) is 4.79 Å². The van der Waals surface area contributed by atoms with Crippen molar-refractivity contribution in [1.82, 2.24) is 0 Å². The second-order valence-corrected chi connectivity index (χ2v) is 10.3. The van der Waals surface area contributed by atoms with Crippen LogP contribution in [0.2, 0.25) is 10.0 Å². The first-order chi connectivity index (χ1) is 14.8. The molecule has 4 rings (SSSR count). The summed E-state index contributed by atoms with van der Waals surface area (Å²) in [4.78, 5) is 15.8. The van der Waals surface area contributed by atoms with E-state index in [1.807, 2.05) is 17.5 Å². The molecule has 0 radical (unpaired) electrons. The summed E-state index contributed by atoms with van der Waals surface area (Å²) in [5.74, 6) is -0.572. The maximum Gasteiger partial charge on any atom is 0.294 e. The number of benzene rings is 2. The Morgan fingerprint density at radius 2 is 1.71 bits per heavy atom. The second-order valence-electron chi connectivity index (χ2n) is 6.53. The Morgan fingerprint density at radius 1 is 0.935 bits per heavy atom. The third-order valence-electron chi connectivity index (χ3n) is 4.44. The van der Waals surface area contributed by atoms with Gasteiger partial charge in [0.15, 0.2) is 5.76 Å². The van der Waals surface area contributed by atoms with Crippen molar-refractivity contribution in [3.63, 3.8) is 0 Å². The fourth-order valence-corrected chi connectivity index (χ4v) is 5.10. The monoisotopic (exact) mass is 491 g/mol. The molecule has 2 aromatic carbocycles. The van der Waals surface area contributed by atoms with Crippen molar-refractivity contribution in [2.45, 2.75) is 16.5 Å². The van der Waals surface area contributed by atoms with Crippen LogP contribution in [0.1, 0.15) is 15.4 Å². The molecule has 0 saturated carbocycles. The summed E-state index contributed by atoms with van der Waals surface area (Å²) in [6.45, 7) is 0.289. The van der Waals surface area contributed by atoms with Crippen molar-refractivity contribution in [1.29, 1.82) is 0 Å². The predicted octanol–water partition coefficient (Wildman–Crippen LogP) is 6.33. The highest BCUT2D eigenvalue weighted by molar-refractivity contribution is 7.91. The average molecular weight is 492 g/mol. The van der Waals surface area contributed by atoms with E-state index < -0.39 is 15.7 Å². The molecule has 0 fully saturated rings. The first kappa shape index (κ1) is 21.6.